The van der Waals surface area contributed by atoms with Gasteiger partial charge in [0.05, 0.1) is 12.2 Å². The Morgan fingerprint density at radius 3 is 1.71 bits per heavy atom. The van der Waals surface area contributed by atoms with E-state index in [0.29, 0.717) is 24.7 Å². The number of ether oxygens (including phenoxy) is 1. The van der Waals surface area contributed by atoms with Crippen molar-refractivity contribution in [2.45, 2.75) is 148 Å². The summed E-state index contributed by atoms with van der Waals surface area (Å²) in [5.41, 5.74) is 0. The number of alkyl halides is 3. The first kappa shape index (κ1) is 30.4. The molecule has 1 aliphatic heterocycles. The molecule has 220 valence electrons. The van der Waals surface area contributed by atoms with Crippen LogP contribution in [-0.2, 0) is 4.74 Å². The molecule has 5 heteroatoms. The Balaban J connectivity index is 1.06. The van der Waals surface area contributed by atoms with Crippen LogP contribution in [0.3, 0.4) is 0 Å². The van der Waals surface area contributed by atoms with E-state index >= 15 is 0 Å². The Morgan fingerprint density at radius 2 is 1.18 bits per heavy atom. The molecule has 1 saturated heterocycles. The Bertz CT molecular complexity index is 686. The van der Waals surface area contributed by atoms with E-state index in [0.717, 1.165) is 49.5 Å². The number of allylic oxidation sites excluding steroid dienone is 2. The second kappa shape index (κ2) is 14.9. The van der Waals surface area contributed by atoms with Crippen molar-refractivity contribution in [1.82, 2.24) is 0 Å². The van der Waals surface area contributed by atoms with Crippen LogP contribution in [0.15, 0.2) is 11.9 Å². The maximum atomic E-state index is 13.9. The molecule has 0 aromatic heterocycles. The van der Waals surface area contributed by atoms with Gasteiger partial charge in [0.1, 0.15) is 5.83 Å². The second-order valence-electron chi connectivity index (χ2n) is 13.6. The standard InChI is InChI=1S/C33H54F4O/c1-2-3-4-5-24-8-13-27(14-9-24)28-15-10-25(11-16-28)6-7-26-12-21-32(38-23-26)30-19-17-29(18-20-30)31(34)22-33(35,36)37/h22,24-30,32H,2-21,23H2,1H3. The van der Waals surface area contributed by atoms with Gasteiger partial charge in [-0.15, -0.1) is 0 Å². The van der Waals surface area contributed by atoms with Crippen molar-refractivity contribution < 1.29 is 22.3 Å². The highest BCUT2D eigenvalue weighted by Crippen LogP contribution is 2.44. The molecule has 1 nitrogen and oxygen atoms in total. The molecule has 4 fully saturated rings. The summed E-state index contributed by atoms with van der Waals surface area (Å²) in [7, 11) is 0. The van der Waals surface area contributed by atoms with Crippen LogP contribution < -0.4 is 0 Å². The van der Waals surface area contributed by atoms with E-state index in [-0.39, 0.29) is 12.2 Å². The highest BCUT2D eigenvalue weighted by Gasteiger charge is 2.35. The minimum absolute atomic E-state index is 0.146. The molecule has 3 saturated carbocycles. The highest BCUT2D eigenvalue weighted by molar-refractivity contribution is 5.03. The molecule has 4 aliphatic rings. The van der Waals surface area contributed by atoms with Crippen LogP contribution in [0.4, 0.5) is 17.6 Å². The van der Waals surface area contributed by atoms with Crippen molar-refractivity contribution in [2.24, 2.45) is 41.4 Å². The number of hydrogen-bond acceptors (Lipinski definition) is 1. The van der Waals surface area contributed by atoms with Crippen LogP contribution in [0.5, 0.6) is 0 Å². The quantitative estimate of drug-likeness (QED) is 0.197. The van der Waals surface area contributed by atoms with Gasteiger partial charge in [-0.3, -0.25) is 0 Å². The number of hydrogen-bond donors (Lipinski definition) is 0. The van der Waals surface area contributed by atoms with Crippen molar-refractivity contribution in [1.29, 1.82) is 0 Å². The molecular weight excluding hydrogens is 488 g/mol. The van der Waals surface area contributed by atoms with Gasteiger partial charge in [-0.2, -0.15) is 13.2 Å². The van der Waals surface area contributed by atoms with Gasteiger partial charge < -0.3 is 4.74 Å². The van der Waals surface area contributed by atoms with Gasteiger partial charge >= 0.3 is 6.18 Å². The molecule has 2 atom stereocenters. The van der Waals surface area contributed by atoms with Crippen LogP contribution >= 0.6 is 0 Å². The highest BCUT2D eigenvalue weighted by atomic mass is 19.4. The Kier molecular flexibility index (Phi) is 11.9. The van der Waals surface area contributed by atoms with E-state index in [1.807, 2.05) is 0 Å². The normalized spacial score (nSPS) is 37.8. The summed E-state index contributed by atoms with van der Waals surface area (Å²) in [6.45, 7) is 3.14. The van der Waals surface area contributed by atoms with E-state index in [1.165, 1.54) is 96.3 Å². The molecule has 0 radical (unpaired) electrons. The van der Waals surface area contributed by atoms with E-state index in [4.69, 9.17) is 4.74 Å². The third-order valence-electron chi connectivity index (χ3n) is 11.0. The monoisotopic (exact) mass is 542 g/mol. The summed E-state index contributed by atoms with van der Waals surface area (Å²) in [5, 5.41) is 0. The third kappa shape index (κ3) is 9.51. The molecule has 1 heterocycles. The van der Waals surface area contributed by atoms with Crippen molar-refractivity contribution in [3.8, 4) is 0 Å². The van der Waals surface area contributed by atoms with Crippen molar-refractivity contribution in [2.75, 3.05) is 6.61 Å². The lowest BCUT2D eigenvalue weighted by molar-refractivity contribution is -0.0826. The lowest BCUT2D eigenvalue weighted by Gasteiger charge is -2.39. The molecular formula is C33H54F4O. The molecule has 38 heavy (non-hydrogen) atoms. The summed E-state index contributed by atoms with van der Waals surface area (Å²) in [5.74, 6) is 3.42. The van der Waals surface area contributed by atoms with Crippen LogP contribution in [0.25, 0.3) is 0 Å². The summed E-state index contributed by atoms with van der Waals surface area (Å²) in [4.78, 5) is 0. The fourth-order valence-corrected chi connectivity index (χ4v) is 8.52. The molecule has 0 bridgehead atoms. The molecule has 0 aromatic carbocycles. The molecule has 0 spiro atoms. The molecule has 3 aliphatic carbocycles. The Morgan fingerprint density at radius 1 is 0.658 bits per heavy atom. The van der Waals surface area contributed by atoms with Gasteiger partial charge in [-0.1, -0.05) is 64.7 Å². The smallest absolute Gasteiger partial charge is 0.378 e. The maximum absolute atomic E-state index is 13.9. The minimum Gasteiger partial charge on any atom is -0.378 e. The van der Waals surface area contributed by atoms with Crippen LogP contribution in [0.2, 0.25) is 0 Å². The third-order valence-corrected chi connectivity index (χ3v) is 11.0. The van der Waals surface area contributed by atoms with Gasteiger partial charge in [0.2, 0.25) is 0 Å². The molecule has 0 amide bonds. The fourth-order valence-electron chi connectivity index (χ4n) is 8.52. The van der Waals surface area contributed by atoms with Crippen molar-refractivity contribution in [3.05, 3.63) is 11.9 Å². The zero-order chi connectivity index (χ0) is 27.0. The lowest BCUT2D eigenvalue weighted by atomic mass is 9.68. The van der Waals surface area contributed by atoms with Crippen LogP contribution in [0.1, 0.15) is 135 Å². The van der Waals surface area contributed by atoms with Crippen LogP contribution in [-0.4, -0.2) is 18.9 Å². The molecule has 0 N–H and O–H groups in total. The van der Waals surface area contributed by atoms with Gasteiger partial charge in [-0.05, 0) is 106 Å². The van der Waals surface area contributed by atoms with Gasteiger partial charge in [0.15, 0.2) is 0 Å². The topological polar surface area (TPSA) is 9.23 Å². The zero-order valence-electron chi connectivity index (χ0n) is 24.0. The SMILES string of the molecule is CCCCCC1CCC(C2CCC(CCC3CCC(C4CCC(C(F)=CC(F)(F)F)CC4)OC3)CC2)CC1. The maximum Gasteiger partial charge on any atom is 0.412 e. The zero-order valence-corrected chi connectivity index (χ0v) is 24.0. The predicted molar refractivity (Wildman–Crippen MR) is 147 cm³/mol. The number of halogens is 4. The van der Waals surface area contributed by atoms with E-state index in [2.05, 4.69) is 6.92 Å². The number of unbranched alkanes of at least 4 members (excludes halogenated alkanes) is 2. The first-order valence-electron chi connectivity index (χ1n) is 16.4. The van der Waals surface area contributed by atoms with Crippen molar-refractivity contribution in [3.63, 3.8) is 0 Å². The summed E-state index contributed by atoms with van der Waals surface area (Å²) in [6, 6.07) is 0. The fraction of sp³-hybridized carbons (Fsp3) is 0.939. The Labute approximate surface area is 229 Å². The predicted octanol–water partition coefficient (Wildman–Crippen LogP) is 11.0. The van der Waals surface area contributed by atoms with Gasteiger partial charge in [0.25, 0.3) is 0 Å². The average Bonchev–Trinajstić information content (AvgIpc) is 2.92. The van der Waals surface area contributed by atoms with Gasteiger partial charge in [-0.25, -0.2) is 4.39 Å². The Hall–Kier alpha value is -0.580. The molecule has 4 rings (SSSR count). The van der Waals surface area contributed by atoms with Crippen molar-refractivity contribution >= 4 is 0 Å². The second-order valence-corrected chi connectivity index (χ2v) is 13.6. The van der Waals surface area contributed by atoms with E-state index in [1.54, 1.807) is 0 Å². The first-order valence-corrected chi connectivity index (χ1v) is 16.4. The lowest BCUT2D eigenvalue weighted by Crippen LogP contribution is -2.34. The molecule has 2 unspecified atom stereocenters. The summed E-state index contributed by atoms with van der Waals surface area (Å²) in [6.07, 6.45) is 20.4. The largest absolute Gasteiger partial charge is 0.412 e. The minimum atomic E-state index is -4.56. The van der Waals surface area contributed by atoms with E-state index < -0.39 is 17.9 Å². The van der Waals surface area contributed by atoms with Gasteiger partial charge in [0, 0.05) is 12.5 Å². The first-order chi connectivity index (χ1) is 18.3. The van der Waals surface area contributed by atoms with E-state index in [9.17, 15) is 17.6 Å². The summed E-state index contributed by atoms with van der Waals surface area (Å²) < 4.78 is 57.6. The number of rotatable bonds is 10. The average molecular weight is 543 g/mol. The van der Waals surface area contributed by atoms with Crippen LogP contribution in [0, 0.1) is 41.4 Å². The summed E-state index contributed by atoms with van der Waals surface area (Å²) >= 11 is 0. The molecule has 0 aromatic rings.